The zero-order chi connectivity index (χ0) is 16.6. The quantitative estimate of drug-likeness (QED) is 0.621. The Hall–Kier alpha value is -2.15. The Labute approximate surface area is 138 Å². The largest absolute Gasteiger partial charge is 0.274 e. The molecule has 0 bridgehead atoms. The highest BCUT2D eigenvalue weighted by molar-refractivity contribution is 7.99. The van der Waals surface area contributed by atoms with Crippen molar-refractivity contribution in [1.29, 1.82) is 0 Å². The molecule has 0 radical (unpaired) electrons. The third-order valence-corrected chi connectivity index (χ3v) is 5.28. The van der Waals surface area contributed by atoms with Gasteiger partial charge < -0.3 is 0 Å². The number of benzene rings is 1. The smallest absolute Gasteiger partial charge is 0.261 e. The van der Waals surface area contributed by atoms with Gasteiger partial charge in [0.15, 0.2) is 5.16 Å². The van der Waals surface area contributed by atoms with Crippen molar-refractivity contribution in [3.05, 3.63) is 41.7 Å². The van der Waals surface area contributed by atoms with Gasteiger partial charge in [0.25, 0.3) is 11.8 Å². The summed E-state index contributed by atoms with van der Waals surface area (Å²) >= 11 is 1.57. The molecular formula is C16H18N4O2S. The fraction of sp³-hybridized carbons (Fsp3) is 0.375. The fourth-order valence-electron chi connectivity index (χ4n) is 2.53. The number of fused-ring (bicyclic) bond motifs is 1. The Morgan fingerprint density at radius 2 is 1.74 bits per heavy atom. The SMILES string of the molecule is Cn1ncnc1SCC(C)(C)CN1C(=O)c2ccccc2C1=O. The molecule has 1 aliphatic rings. The van der Waals surface area contributed by atoms with Crippen molar-refractivity contribution in [1.82, 2.24) is 19.7 Å². The van der Waals surface area contributed by atoms with E-state index in [4.69, 9.17) is 0 Å². The van der Waals surface area contributed by atoms with Gasteiger partial charge in [-0.25, -0.2) is 9.67 Å². The van der Waals surface area contributed by atoms with Gasteiger partial charge in [-0.2, -0.15) is 5.10 Å². The van der Waals surface area contributed by atoms with E-state index >= 15 is 0 Å². The van der Waals surface area contributed by atoms with E-state index < -0.39 is 0 Å². The average Bonchev–Trinajstić information content (AvgIpc) is 3.03. The van der Waals surface area contributed by atoms with Gasteiger partial charge >= 0.3 is 0 Å². The van der Waals surface area contributed by atoms with Crippen LogP contribution in [0.15, 0.2) is 35.7 Å². The highest BCUT2D eigenvalue weighted by atomic mass is 32.2. The summed E-state index contributed by atoms with van der Waals surface area (Å²) in [7, 11) is 1.84. The van der Waals surface area contributed by atoms with Crippen LogP contribution in [0.4, 0.5) is 0 Å². The first-order valence-corrected chi connectivity index (χ1v) is 8.30. The first-order valence-electron chi connectivity index (χ1n) is 7.31. The second-order valence-corrected chi connectivity index (χ2v) is 7.30. The van der Waals surface area contributed by atoms with Crippen molar-refractivity contribution < 1.29 is 9.59 Å². The Balaban J connectivity index is 1.70. The maximum atomic E-state index is 12.4. The number of aryl methyl sites for hydroxylation is 1. The topological polar surface area (TPSA) is 68.1 Å². The van der Waals surface area contributed by atoms with Crippen molar-refractivity contribution in [3.8, 4) is 0 Å². The van der Waals surface area contributed by atoms with Crippen molar-refractivity contribution in [2.45, 2.75) is 19.0 Å². The summed E-state index contributed by atoms with van der Waals surface area (Å²) in [4.78, 5) is 30.4. The third-order valence-electron chi connectivity index (χ3n) is 3.73. The molecule has 6 nitrogen and oxygen atoms in total. The van der Waals surface area contributed by atoms with Crippen LogP contribution in [-0.2, 0) is 7.05 Å². The summed E-state index contributed by atoms with van der Waals surface area (Å²) in [5.74, 6) is 0.317. The molecule has 0 saturated heterocycles. The van der Waals surface area contributed by atoms with Crippen molar-refractivity contribution in [2.24, 2.45) is 12.5 Å². The van der Waals surface area contributed by atoms with Gasteiger partial charge in [0.1, 0.15) is 6.33 Å². The number of aromatic nitrogens is 3. The molecule has 2 amide bonds. The van der Waals surface area contributed by atoms with Gasteiger partial charge in [-0.05, 0) is 17.5 Å². The van der Waals surface area contributed by atoms with Gasteiger partial charge in [-0.3, -0.25) is 14.5 Å². The molecule has 0 unspecified atom stereocenters. The lowest BCUT2D eigenvalue weighted by atomic mass is 9.95. The van der Waals surface area contributed by atoms with Gasteiger partial charge in [0.2, 0.25) is 0 Å². The number of thioether (sulfide) groups is 1. The number of imide groups is 1. The highest BCUT2D eigenvalue weighted by Crippen LogP contribution is 2.30. The van der Waals surface area contributed by atoms with E-state index in [1.54, 1.807) is 40.7 Å². The zero-order valence-electron chi connectivity index (χ0n) is 13.3. The van der Waals surface area contributed by atoms with E-state index in [1.807, 2.05) is 20.9 Å². The summed E-state index contributed by atoms with van der Waals surface area (Å²) < 4.78 is 1.71. The standard InChI is InChI=1S/C16H18N4O2S/c1-16(2,9-23-15-17-10-18-19(15)3)8-20-13(21)11-6-4-5-7-12(11)14(20)22/h4-7,10H,8-9H2,1-3H3. The lowest BCUT2D eigenvalue weighted by Gasteiger charge is -2.28. The molecule has 2 aromatic rings. The van der Waals surface area contributed by atoms with E-state index in [0.29, 0.717) is 17.7 Å². The molecule has 1 aromatic carbocycles. The first kappa shape index (κ1) is 15.7. The summed E-state index contributed by atoms with van der Waals surface area (Å²) in [6.07, 6.45) is 1.51. The fourth-order valence-corrected chi connectivity index (χ4v) is 3.50. The van der Waals surface area contributed by atoms with Gasteiger partial charge in [0.05, 0.1) is 11.1 Å². The molecule has 0 spiro atoms. The van der Waals surface area contributed by atoms with Crippen LogP contribution in [0.3, 0.4) is 0 Å². The molecule has 23 heavy (non-hydrogen) atoms. The van der Waals surface area contributed by atoms with Crippen molar-refractivity contribution in [3.63, 3.8) is 0 Å². The molecule has 2 heterocycles. The number of hydrogen-bond donors (Lipinski definition) is 0. The Kier molecular flexibility index (Phi) is 3.97. The summed E-state index contributed by atoms with van der Waals surface area (Å²) in [5.41, 5.74) is 0.757. The normalized spacial score (nSPS) is 14.5. The Morgan fingerprint density at radius 1 is 1.13 bits per heavy atom. The van der Waals surface area contributed by atoms with Crippen LogP contribution in [0.2, 0.25) is 0 Å². The molecule has 1 aliphatic heterocycles. The Morgan fingerprint density at radius 3 is 2.26 bits per heavy atom. The minimum Gasteiger partial charge on any atom is -0.274 e. The molecule has 0 aliphatic carbocycles. The first-order chi connectivity index (χ1) is 10.9. The van der Waals surface area contributed by atoms with E-state index in [9.17, 15) is 9.59 Å². The average molecular weight is 330 g/mol. The monoisotopic (exact) mass is 330 g/mol. The maximum Gasteiger partial charge on any atom is 0.261 e. The van der Waals surface area contributed by atoms with Crippen LogP contribution in [0, 0.1) is 5.41 Å². The number of amides is 2. The highest BCUT2D eigenvalue weighted by Gasteiger charge is 2.38. The number of carbonyl (C=O) groups is 2. The number of carbonyl (C=O) groups excluding carboxylic acids is 2. The minimum atomic E-state index is -0.232. The molecule has 3 rings (SSSR count). The third kappa shape index (κ3) is 3.01. The van der Waals surface area contributed by atoms with Gasteiger partial charge in [-0.1, -0.05) is 37.7 Å². The van der Waals surface area contributed by atoms with Crippen molar-refractivity contribution in [2.75, 3.05) is 12.3 Å². The predicted octanol–water partition coefficient (Wildman–Crippen LogP) is 2.23. The van der Waals surface area contributed by atoms with Crippen molar-refractivity contribution >= 4 is 23.6 Å². The molecule has 0 atom stereocenters. The molecular weight excluding hydrogens is 312 g/mol. The summed E-state index contributed by atoms with van der Waals surface area (Å²) in [6, 6.07) is 6.97. The van der Waals surface area contributed by atoms with Crippen LogP contribution in [0.1, 0.15) is 34.6 Å². The van der Waals surface area contributed by atoms with Crippen LogP contribution < -0.4 is 0 Å². The van der Waals surface area contributed by atoms with E-state index in [2.05, 4.69) is 10.1 Å². The van der Waals surface area contributed by atoms with E-state index in [0.717, 1.165) is 10.9 Å². The number of hydrogen-bond acceptors (Lipinski definition) is 5. The summed E-state index contributed by atoms with van der Waals surface area (Å²) in [5, 5.41) is 4.86. The van der Waals surface area contributed by atoms with Gasteiger partial charge in [0, 0.05) is 19.3 Å². The van der Waals surface area contributed by atoms with Crippen LogP contribution in [0.5, 0.6) is 0 Å². The van der Waals surface area contributed by atoms with Gasteiger partial charge in [-0.15, -0.1) is 0 Å². The maximum absolute atomic E-state index is 12.4. The predicted molar refractivity (Wildman–Crippen MR) is 87.3 cm³/mol. The van der Waals surface area contributed by atoms with E-state index in [-0.39, 0.29) is 17.2 Å². The zero-order valence-corrected chi connectivity index (χ0v) is 14.1. The summed E-state index contributed by atoms with van der Waals surface area (Å²) in [6.45, 7) is 4.46. The van der Waals surface area contributed by atoms with E-state index in [1.165, 1.54) is 11.2 Å². The Bertz CT molecular complexity index is 734. The second-order valence-electron chi connectivity index (χ2n) is 6.36. The molecule has 1 aromatic heterocycles. The molecule has 0 fully saturated rings. The number of nitrogens with zero attached hydrogens (tertiary/aromatic N) is 4. The van der Waals surface area contributed by atoms with Crippen LogP contribution in [-0.4, -0.2) is 43.8 Å². The van der Waals surface area contributed by atoms with Crippen LogP contribution in [0.25, 0.3) is 0 Å². The molecule has 120 valence electrons. The number of rotatable bonds is 5. The molecule has 0 saturated carbocycles. The second kappa shape index (κ2) is 5.81. The van der Waals surface area contributed by atoms with Crippen LogP contribution >= 0.6 is 11.8 Å². The molecule has 0 N–H and O–H groups in total. The lowest BCUT2D eigenvalue weighted by molar-refractivity contribution is 0.0602. The lowest BCUT2D eigenvalue weighted by Crippen LogP contribution is -2.39. The minimum absolute atomic E-state index is 0.206. The molecule has 7 heteroatoms.